The smallest absolute Gasteiger partial charge is 0.471 e. The van der Waals surface area contributed by atoms with Crippen molar-refractivity contribution >= 4 is 58.1 Å². The molecule has 1 aromatic heterocycles. The van der Waals surface area contributed by atoms with Crippen LogP contribution in [0.2, 0.25) is 0 Å². The van der Waals surface area contributed by atoms with Gasteiger partial charge in [0.2, 0.25) is 0 Å². The molecule has 0 spiro atoms. The molecule has 17 heteroatoms. The van der Waals surface area contributed by atoms with Crippen LogP contribution in [-0.4, -0.2) is 75.4 Å². The third-order valence-electron chi connectivity index (χ3n) is 4.17. The first-order valence-electron chi connectivity index (χ1n) is 8.76. The fourth-order valence-corrected chi connectivity index (χ4v) is 4.73. The first-order valence-corrected chi connectivity index (χ1v) is 10.7. The number of carbonyl (C=O) groups is 4. The Bertz CT molecular complexity index is 1040. The van der Waals surface area contributed by atoms with Gasteiger partial charge in [0.1, 0.15) is 23.4 Å². The Morgan fingerprint density at radius 3 is 2.79 bits per heavy atom. The number of thiazole rings is 1. The summed E-state index contributed by atoms with van der Waals surface area (Å²) in [5, 5.41) is 17.1. The van der Waals surface area contributed by atoms with Crippen molar-refractivity contribution in [2.75, 3.05) is 18.2 Å². The summed E-state index contributed by atoms with van der Waals surface area (Å²) in [6.45, 7) is -0.302. The fraction of sp³-hybridized carbons (Fsp3) is 0.375. The Morgan fingerprint density at radius 1 is 1.42 bits per heavy atom. The standard InChI is InChI=1S/C16H14F3N5O7S2/c1-30-7-5-32-12-9(11(26)24(12)10(7)13(27)28)22-8(25)2-20-31-3-6-4-33-15(21-6)23-14(29)16(17,18)19/h2,4,9,12H,3,5H2,1H3,(H,22,25)(H,27,28)(H,21,23,29)/b20-2-/t9?,12-/m1/s1. The molecule has 1 fully saturated rings. The van der Waals surface area contributed by atoms with Gasteiger partial charge in [-0.3, -0.25) is 24.6 Å². The zero-order valence-corrected chi connectivity index (χ0v) is 18.0. The van der Waals surface area contributed by atoms with Gasteiger partial charge in [-0.15, -0.1) is 23.1 Å². The van der Waals surface area contributed by atoms with Gasteiger partial charge in [-0.1, -0.05) is 5.16 Å². The Kier molecular flexibility index (Phi) is 7.11. The first kappa shape index (κ1) is 24.3. The summed E-state index contributed by atoms with van der Waals surface area (Å²) >= 11 is 1.95. The highest BCUT2D eigenvalue weighted by molar-refractivity contribution is 8.00. The van der Waals surface area contributed by atoms with Gasteiger partial charge in [-0.25, -0.2) is 9.78 Å². The van der Waals surface area contributed by atoms with E-state index in [9.17, 15) is 37.5 Å². The van der Waals surface area contributed by atoms with Crippen LogP contribution in [0, 0.1) is 0 Å². The number of anilines is 1. The van der Waals surface area contributed by atoms with Gasteiger partial charge in [0, 0.05) is 5.38 Å². The maximum absolute atomic E-state index is 12.3. The van der Waals surface area contributed by atoms with Crippen LogP contribution < -0.4 is 10.6 Å². The number of carboxylic acid groups (broad SMARTS) is 1. The summed E-state index contributed by atoms with van der Waals surface area (Å²) in [6.07, 6.45) is -4.32. The number of amides is 3. The van der Waals surface area contributed by atoms with Crippen LogP contribution >= 0.6 is 23.1 Å². The number of nitrogens with one attached hydrogen (secondary N) is 2. The van der Waals surface area contributed by atoms with Crippen molar-refractivity contribution in [3.8, 4) is 0 Å². The molecule has 0 aromatic carbocycles. The van der Waals surface area contributed by atoms with Crippen molar-refractivity contribution < 1.29 is 47.0 Å². The molecule has 2 aliphatic rings. The number of hydrogen-bond acceptors (Lipinski definition) is 10. The molecule has 0 bridgehead atoms. The molecule has 1 aromatic rings. The number of rotatable bonds is 8. The van der Waals surface area contributed by atoms with E-state index >= 15 is 0 Å². The molecular weight excluding hydrogens is 495 g/mol. The predicted octanol–water partition coefficient (Wildman–Crippen LogP) is 0.489. The molecule has 12 nitrogen and oxygen atoms in total. The SMILES string of the molecule is COC1=C(C(=O)O)N2C(=O)C(NC(=O)/C=N\OCc3csc(NC(=O)C(F)(F)F)n3)[C@H]2SC1. The van der Waals surface area contributed by atoms with Crippen LogP contribution in [0.4, 0.5) is 18.3 Å². The number of oxime groups is 1. The lowest BCUT2D eigenvalue weighted by atomic mass is 10.0. The largest absolute Gasteiger partial charge is 0.498 e. The van der Waals surface area contributed by atoms with Crippen LogP contribution in [0.3, 0.4) is 0 Å². The number of aliphatic carboxylic acids is 1. The minimum absolute atomic E-state index is 0.139. The summed E-state index contributed by atoms with van der Waals surface area (Å²) in [5.74, 6) is -4.56. The van der Waals surface area contributed by atoms with Crippen molar-refractivity contribution in [2.45, 2.75) is 24.2 Å². The molecule has 3 amide bonds. The van der Waals surface area contributed by atoms with Crippen molar-refractivity contribution in [1.29, 1.82) is 0 Å². The highest BCUT2D eigenvalue weighted by Crippen LogP contribution is 2.40. The molecule has 1 unspecified atom stereocenters. The molecule has 33 heavy (non-hydrogen) atoms. The van der Waals surface area contributed by atoms with E-state index in [2.05, 4.69) is 15.5 Å². The first-order chi connectivity index (χ1) is 15.5. The molecule has 3 heterocycles. The highest BCUT2D eigenvalue weighted by atomic mass is 32.2. The second-order valence-corrected chi connectivity index (χ2v) is 8.24. The van der Waals surface area contributed by atoms with Crippen LogP contribution in [0.1, 0.15) is 5.69 Å². The van der Waals surface area contributed by atoms with Crippen LogP contribution in [0.15, 0.2) is 22.0 Å². The fourth-order valence-electron chi connectivity index (χ4n) is 2.72. The lowest BCUT2D eigenvalue weighted by molar-refractivity contribution is -0.167. The molecule has 2 atom stereocenters. The second-order valence-electron chi connectivity index (χ2n) is 6.28. The number of β-lactam (4-membered cyclic amide) rings is 1. The monoisotopic (exact) mass is 509 g/mol. The molecule has 2 aliphatic heterocycles. The Balaban J connectivity index is 1.47. The van der Waals surface area contributed by atoms with Crippen LogP contribution in [-0.2, 0) is 35.4 Å². The van der Waals surface area contributed by atoms with Gasteiger partial charge in [0.15, 0.2) is 17.4 Å². The second kappa shape index (κ2) is 9.65. The number of carbonyl (C=O) groups excluding carboxylic acids is 3. The van der Waals surface area contributed by atoms with E-state index in [0.717, 1.165) is 22.5 Å². The number of halogens is 3. The van der Waals surface area contributed by atoms with Crippen LogP contribution in [0.5, 0.6) is 0 Å². The van der Waals surface area contributed by atoms with Crippen molar-refractivity contribution in [2.24, 2.45) is 5.16 Å². The molecular formula is C16H14F3N5O7S2. The summed E-state index contributed by atoms with van der Waals surface area (Å²) in [4.78, 5) is 56.2. The number of nitrogens with zero attached hydrogens (tertiary/aromatic N) is 3. The zero-order chi connectivity index (χ0) is 24.3. The van der Waals surface area contributed by atoms with E-state index in [1.807, 2.05) is 0 Å². The molecule has 0 saturated carbocycles. The normalized spacial score (nSPS) is 20.2. The van der Waals surface area contributed by atoms with E-state index in [1.54, 1.807) is 5.32 Å². The molecule has 178 valence electrons. The summed E-state index contributed by atoms with van der Waals surface area (Å²) in [7, 11) is 1.30. The topological polar surface area (TPSA) is 160 Å². The number of methoxy groups -OCH3 is 1. The molecule has 0 aliphatic carbocycles. The quantitative estimate of drug-likeness (QED) is 0.257. The summed E-state index contributed by atoms with van der Waals surface area (Å²) in [6, 6.07) is -0.972. The van der Waals surface area contributed by atoms with Crippen molar-refractivity contribution in [3.63, 3.8) is 0 Å². The average molecular weight is 509 g/mol. The van der Waals surface area contributed by atoms with Gasteiger partial charge < -0.3 is 20.0 Å². The number of hydrogen-bond donors (Lipinski definition) is 3. The third kappa shape index (κ3) is 5.36. The van der Waals surface area contributed by atoms with Gasteiger partial charge in [-0.05, 0) is 0 Å². The van der Waals surface area contributed by atoms with Gasteiger partial charge in [-0.2, -0.15) is 13.2 Å². The maximum atomic E-state index is 12.3. The van der Waals surface area contributed by atoms with Gasteiger partial charge in [0.25, 0.3) is 11.8 Å². The number of alkyl halides is 3. The maximum Gasteiger partial charge on any atom is 0.471 e. The molecule has 3 rings (SSSR count). The van der Waals surface area contributed by atoms with Crippen molar-refractivity contribution in [3.05, 3.63) is 22.5 Å². The summed E-state index contributed by atoms with van der Waals surface area (Å²) < 4.78 is 41.6. The Hall–Kier alpha value is -3.34. The Labute approximate surface area is 190 Å². The molecule has 1 saturated heterocycles. The van der Waals surface area contributed by atoms with Gasteiger partial charge >= 0.3 is 18.1 Å². The predicted molar refractivity (Wildman–Crippen MR) is 107 cm³/mol. The number of carboxylic acids is 1. The Morgan fingerprint density at radius 2 is 2.15 bits per heavy atom. The number of fused-ring (bicyclic) bond motifs is 1. The lowest BCUT2D eigenvalue weighted by Crippen LogP contribution is -2.70. The average Bonchev–Trinajstić information content (AvgIpc) is 3.20. The van der Waals surface area contributed by atoms with E-state index in [4.69, 9.17) is 9.57 Å². The van der Waals surface area contributed by atoms with Gasteiger partial charge in [0.05, 0.1) is 18.6 Å². The summed E-state index contributed by atoms with van der Waals surface area (Å²) in [5.41, 5.74) is -0.122. The molecule has 0 radical (unpaired) electrons. The third-order valence-corrected chi connectivity index (χ3v) is 6.23. The van der Waals surface area contributed by atoms with E-state index < -0.39 is 41.3 Å². The number of thioether (sulfide) groups is 1. The van der Waals surface area contributed by atoms with E-state index in [0.29, 0.717) is 0 Å². The minimum atomic E-state index is -5.05. The number of ether oxygens (including phenoxy) is 1. The van der Waals surface area contributed by atoms with Crippen molar-refractivity contribution in [1.82, 2.24) is 15.2 Å². The number of aromatic nitrogens is 1. The lowest BCUT2D eigenvalue weighted by Gasteiger charge is -2.48. The highest BCUT2D eigenvalue weighted by Gasteiger charge is 2.54. The van der Waals surface area contributed by atoms with Crippen LogP contribution in [0.25, 0.3) is 0 Å². The molecule has 3 N–H and O–H groups in total. The van der Waals surface area contributed by atoms with E-state index in [1.165, 1.54) is 24.3 Å². The minimum Gasteiger partial charge on any atom is -0.498 e. The zero-order valence-electron chi connectivity index (χ0n) is 16.4. The van der Waals surface area contributed by atoms with E-state index in [-0.39, 0.29) is 34.6 Å².